The molecule has 0 aliphatic carbocycles. The lowest BCUT2D eigenvalue weighted by Crippen LogP contribution is -2.53. The fourth-order valence-corrected chi connectivity index (χ4v) is 6.31. The summed E-state index contributed by atoms with van der Waals surface area (Å²) in [6.45, 7) is 3.27. The number of pyridine rings is 1. The molecule has 0 saturated carbocycles. The topological polar surface area (TPSA) is 73.8 Å². The first-order valence-corrected chi connectivity index (χ1v) is 13.5. The maximum atomic E-state index is 13.2. The zero-order chi connectivity index (χ0) is 24.3. The van der Waals surface area contributed by atoms with Gasteiger partial charge in [0.1, 0.15) is 0 Å². The van der Waals surface area contributed by atoms with Crippen LogP contribution in [0.2, 0.25) is 0 Å². The van der Waals surface area contributed by atoms with Crippen molar-refractivity contribution in [3.63, 3.8) is 0 Å². The average molecular weight is 527 g/mol. The molecule has 190 valence electrons. The first-order valence-electron chi connectivity index (χ1n) is 12.1. The van der Waals surface area contributed by atoms with E-state index < -0.39 is 10.0 Å². The number of carbonyl (C=O) groups excluding carboxylic acids is 1. The van der Waals surface area contributed by atoms with E-state index >= 15 is 0 Å². The number of benzene rings is 2. The largest absolute Gasteiger partial charge is 0.371 e. The lowest BCUT2D eigenvalue weighted by molar-refractivity contribution is -0.134. The van der Waals surface area contributed by atoms with Crippen LogP contribution >= 0.6 is 12.4 Å². The number of sulfonamides is 1. The zero-order valence-corrected chi connectivity index (χ0v) is 21.7. The standard InChI is InChI=1S/C27H30N4O3S.ClH/c32-27-21-31(35(33,34)26-8-6-24(7-9-26)23-4-2-1-3-5-23)19-18-30(27)20-22-12-16-29(17-13-22)25-10-14-28-15-11-25;/h1-11,14-15,22H,12-13,16-21H2;1H. The summed E-state index contributed by atoms with van der Waals surface area (Å²) in [5.74, 6) is 0.322. The molecule has 2 aromatic carbocycles. The highest BCUT2D eigenvalue weighted by molar-refractivity contribution is 7.89. The predicted molar refractivity (Wildman–Crippen MR) is 144 cm³/mol. The minimum absolute atomic E-state index is 0. The van der Waals surface area contributed by atoms with Crippen molar-refractivity contribution in [3.05, 3.63) is 79.1 Å². The van der Waals surface area contributed by atoms with E-state index in [1.807, 2.05) is 71.9 Å². The van der Waals surface area contributed by atoms with Gasteiger partial charge in [-0.25, -0.2) is 8.42 Å². The van der Waals surface area contributed by atoms with Crippen molar-refractivity contribution in [2.24, 2.45) is 5.92 Å². The fourth-order valence-electron chi connectivity index (χ4n) is 4.92. The first kappa shape index (κ1) is 26.1. The summed E-state index contributed by atoms with van der Waals surface area (Å²) >= 11 is 0. The summed E-state index contributed by atoms with van der Waals surface area (Å²) in [5, 5.41) is 0. The molecule has 2 aliphatic rings. The third-order valence-corrected chi connectivity index (χ3v) is 8.86. The Balaban J connectivity index is 0.00000304. The molecule has 7 nitrogen and oxygen atoms in total. The summed E-state index contributed by atoms with van der Waals surface area (Å²) < 4.78 is 27.7. The molecule has 0 N–H and O–H groups in total. The second-order valence-electron chi connectivity index (χ2n) is 9.20. The van der Waals surface area contributed by atoms with E-state index in [0.717, 1.165) is 37.1 Å². The Morgan fingerprint density at radius 1 is 0.806 bits per heavy atom. The van der Waals surface area contributed by atoms with Gasteiger partial charge in [0.2, 0.25) is 15.9 Å². The molecule has 36 heavy (non-hydrogen) atoms. The van der Waals surface area contributed by atoms with Gasteiger partial charge in [-0.3, -0.25) is 9.78 Å². The van der Waals surface area contributed by atoms with Crippen LogP contribution in [0.3, 0.4) is 0 Å². The molecule has 3 heterocycles. The highest BCUT2D eigenvalue weighted by Gasteiger charge is 2.34. The number of aromatic nitrogens is 1. The van der Waals surface area contributed by atoms with E-state index in [9.17, 15) is 13.2 Å². The summed E-state index contributed by atoms with van der Waals surface area (Å²) in [7, 11) is -3.71. The molecular formula is C27H31ClN4O3S. The van der Waals surface area contributed by atoms with E-state index in [0.29, 0.717) is 25.6 Å². The average Bonchev–Trinajstić information content (AvgIpc) is 2.91. The van der Waals surface area contributed by atoms with E-state index in [-0.39, 0.29) is 29.8 Å². The Morgan fingerprint density at radius 2 is 1.44 bits per heavy atom. The number of nitrogens with zero attached hydrogens (tertiary/aromatic N) is 4. The van der Waals surface area contributed by atoms with Crippen LogP contribution in [0.15, 0.2) is 84.0 Å². The minimum atomic E-state index is -3.71. The SMILES string of the molecule is Cl.O=C1CN(S(=O)(=O)c2ccc(-c3ccccc3)cc2)CCN1CC1CCN(c2ccncc2)CC1. The number of piperazine rings is 1. The number of piperidine rings is 1. The van der Waals surface area contributed by atoms with E-state index in [4.69, 9.17) is 0 Å². The van der Waals surface area contributed by atoms with Crippen LogP contribution in [0.25, 0.3) is 11.1 Å². The molecule has 5 rings (SSSR count). The van der Waals surface area contributed by atoms with Crippen molar-refractivity contribution >= 4 is 34.0 Å². The number of rotatable bonds is 6. The Labute approximate surface area is 219 Å². The van der Waals surface area contributed by atoms with Crippen molar-refractivity contribution in [2.75, 3.05) is 44.2 Å². The van der Waals surface area contributed by atoms with E-state index in [1.54, 1.807) is 12.1 Å². The summed E-state index contributed by atoms with van der Waals surface area (Å²) in [6, 6.07) is 20.8. The van der Waals surface area contributed by atoms with Gasteiger partial charge in [-0.15, -0.1) is 12.4 Å². The summed E-state index contributed by atoms with van der Waals surface area (Å²) in [4.78, 5) is 21.4. The molecule has 1 aromatic heterocycles. The van der Waals surface area contributed by atoms with Crippen molar-refractivity contribution < 1.29 is 13.2 Å². The Morgan fingerprint density at radius 3 is 2.08 bits per heavy atom. The Kier molecular flexibility index (Phi) is 8.28. The van der Waals surface area contributed by atoms with Crippen LogP contribution in [-0.2, 0) is 14.8 Å². The number of hydrogen-bond donors (Lipinski definition) is 0. The highest BCUT2D eigenvalue weighted by Crippen LogP contribution is 2.26. The molecule has 2 saturated heterocycles. The minimum Gasteiger partial charge on any atom is -0.371 e. The quantitative estimate of drug-likeness (QED) is 0.487. The summed E-state index contributed by atoms with van der Waals surface area (Å²) in [5.41, 5.74) is 3.18. The van der Waals surface area contributed by atoms with Gasteiger partial charge < -0.3 is 9.80 Å². The van der Waals surface area contributed by atoms with Gasteiger partial charge in [0.05, 0.1) is 11.4 Å². The predicted octanol–water partition coefficient (Wildman–Crippen LogP) is 3.92. The molecule has 0 bridgehead atoms. The molecule has 0 atom stereocenters. The first-order chi connectivity index (χ1) is 17.0. The van der Waals surface area contributed by atoms with Gasteiger partial charge in [0, 0.05) is 50.8 Å². The third kappa shape index (κ3) is 5.72. The maximum Gasteiger partial charge on any atom is 0.243 e. The molecule has 0 unspecified atom stereocenters. The number of halogens is 1. The molecule has 2 fully saturated rings. The Hall–Kier alpha value is -2.94. The lowest BCUT2D eigenvalue weighted by atomic mass is 9.95. The van der Waals surface area contributed by atoms with Crippen molar-refractivity contribution in [1.29, 1.82) is 0 Å². The van der Waals surface area contributed by atoms with Crippen molar-refractivity contribution in [3.8, 4) is 11.1 Å². The molecule has 2 aliphatic heterocycles. The van der Waals surface area contributed by atoms with Gasteiger partial charge in [-0.05, 0) is 54.2 Å². The molecule has 1 amide bonds. The highest BCUT2D eigenvalue weighted by atomic mass is 35.5. The summed E-state index contributed by atoms with van der Waals surface area (Å²) in [6.07, 6.45) is 5.65. The number of carbonyl (C=O) groups is 1. The fraction of sp³-hybridized carbons (Fsp3) is 0.333. The van der Waals surface area contributed by atoms with Crippen LogP contribution in [0.5, 0.6) is 0 Å². The van der Waals surface area contributed by atoms with Gasteiger partial charge in [0.15, 0.2) is 0 Å². The van der Waals surface area contributed by atoms with E-state index in [1.165, 1.54) is 9.99 Å². The van der Waals surface area contributed by atoms with E-state index in [2.05, 4.69) is 9.88 Å². The molecule has 3 aromatic rings. The smallest absolute Gasteiger partial charge is 0.243 e. The lowest BCUT2D eigenvalue weighted by Gasteiger charge is -2.38. The number of anilines is 1. The number of amides is 1. The maximum absolute atomic E-state index is 13.2. The van der Waals surface area contributed by atoms with Crippen LogP contribution in [0.1, 0.15) is 12.8 Å². The zero-order valence-electron chi connectivity index (χ0n) is 20.1. The third-order valence-electron chi connectivity index (χ3n) is 7.00. The van der Waals surface area contributed by atoms with Gasteiger partial charge in [0.25, 0.3) is 0 Å². The van der Waals surface area contributed by atoms with Crippen LogP contribution in [-0.4, -0.2) is 67.8 Å². The second kappa shape index (κ2) is 11.4. The van der Waals surface area contributed by atoms with Crippen LogP contribution in [0, 0.1) is 5.92 Å². The monoisotopic (exact) mass is 526 g/mol. The van der Waals surface area contributed by atoms with Gasteiger partial charge in [-0.2, -0.15) is 4.31 Å². The molecule has 9 heteroatoms. The van der Waals surface area contributed by atoms with Crippen LogP contribution < -0.4 is 4.90 Å². The molecular weight excluding hydrogens is 496 g/mol. The van der Waals surface area contributed by atoms with Gasteiger partial charge >= 0.3 is 0 Å². The Bertz CT molecular complexity index is 1250. The van der Waals surface area contributed by atoms with Crippen molar-refractivity contribution in [1.82, 2.24) is 14.2 Å². The normalized spacial score (nSPS) is 17.6. The number of hydrogen-bond acceptors (Lipinski definition) is 5. The second-order valence-corrected chi connectivity index (χ2v) is 11.1. The van der Waals surface area contributed by atoms with Gasteiger partial charge in [-0.1, -0.05) is 42.5 Å². The van der Waals surface area contributed by atoms with Crippen molar-refractivity contribution in [2.45, 2.75) is 17.7 Å². The van der Waals surface area contributed by atoms with Crippen LogP contribution in [0.4, 0.5) is 5.69 Å². The molecule has 0 radical (unpaired) electrons. The molecule has 0 spiro atoms.